The number of amides is 1. The van der Waals surface area contributed by atoms with Gasteiger partial charge in [0.05, 0.1) is 6.04 Å². The van der Waals surface area contributed by atoms with E-state index in [1.54, 1.807) is 4.90 Å². The molecule has 1 heterocycles. The van der Waals surface area contributed by atoms with Crippen LogP contribution in [0.5, 0.6) is 0 Å². The molecule has 1 saturated heterocycles. The third-order valence-electron chi connectivity index (χ3n) is 3.28. The number of benzene rings is 1. The molecule has 2 rings (SSSR count). The van der Waals surface area contributed by atoms with Gasteiger partial charge in [-0.25, -0.2) is 4.79 Å². The van der Waals surface area contributed by atoms with Crippen LogP contribution in [0.2, 0.25) is 5.02 Å². The third-order valence-corrected chi connectivity index (χ3v) is 3.54. The van der Waals surface area contributed by atoms with E-state index in [1.165, 1.54) is 0 Å². The highest BCUT2D eigenvalue weighted by molar-refractivity contribution is 6.30. The lowest BCUT2D eigenvalue weighted by atomic mass is 10.0. The first-order valence-corrected chi connectivity index (χ1v) is 7.16. The van der Waals surface area contributed by atoms with Crippen LogP contribution in [0, 0.1) is 0 Å². The lowest BCUT2D eigenvalue weighted by Crippen LogP contribution is -2.39. The molecule has 0 radical (unpaired) electrons. The monoisotopic (exact) mass is 296 g/mol. The second-order valence-corrected chi connectivity index (χ2v) is 6.56. The Morgan fingerprint density at radius 1 is 1.35 bits per heavy atom. The van der Waals surface area contributed by atoms with E-state index in [9.17, 15) is 4.79 Å². The average Bonchev–Trinajstić information content (AvgIpc) is 2.70. The zero-order chi connectivity index (χ0) is 14.9. The summed E-state index contributed by atoms with van der Waals surface area (Å²) in [5, 5.41) is 0.670. The first-order valence-electron chi connectivity index (χ1n) is 6.78. The highest BCUT2D eigenvalue weighted by Gasteiger charge is 2.38. The van der Waals surface area contributed by atoms with Crippen molar-refractivity contribution in [1.29, 1.82) is 0 Å². The Kier molecular flexibility index (Phi) is 4.25. The van der Waals surface area contributed by atoms with E-state index in [0.29, 0.717) is 11.6 Å². The summed E-state index contributed by atoms with van der Waals surface area (Å²) in [4.78, 5) is 14.0. The minimum absolute atomic E-state index is 0.0799. The zero-order valence-electron chi connectivity index (χ0n) is 12.1. The van der Waals surface area contributed by atoms with Gasteiger partial charge in [0, 0.05) is 17.6 Å². The fraction of sp³-hybridized carbons (Fsp3) is 0.533. The van der Waals surface area contributed by atoms with E-state index in [0.717, 1.165) is 12.0 Å². The summed E-state index contributed by atoms with van der Waals surface area (Å²) in [6.07, 6.45) is 0.456. The van der Waals surface area contributed by atoms with Gasteiger partial charge in [0.25, 0.3) is 0 Å². The number of carbonyl (C=O) groups excluding carboxylic acids is 1. The van der Waals surface area contributed by atoms with Crippen LogP contribution in [0.3, 0.4) is 0 Å². The number of rotatable bonds is 1. The van der Waals surface area contributed by atoms with Crippen molar-refractivity contribution < 1.29 is 9.53 Å². The van der Waals surface area contributed by atoms with Crippen molar-refractivity contribution >= 4 is 17.7 Å². The summed E-state index contributed by atoms with van der Waals surface area (Å²) in [5.74, 6) is 0. The van der Waals surface area contributed by atoms with Crippen molar-refractivity contribution in [2.24, 2.45) is 5.73 Å². The first kappa shape index (κ1) is 15.1. The van der Waals surface area contributed by atoms with E-state index in [4.69, 9.17) is 22.1 Å². The van der Waals surface area contributed by atoms with Gasteiger partial charge in [0.1, 0.15) is 5.60 Å². The quantitative estimate of drug-likeness (QED) is 0.864. The van der Waals surface area contributed by atoms with Crippen molar-refractivity contribution in [1.82, 2.24) is 4.90 Å². The fourth-order valence-corrected chi connectivity index (χ4v) is 2.55. The Hall–Kier alpha value is -1.26. The van der Waals surface area contributed by atoms with Gasteiger partial charge in [-0.15, -0.1) is 0 Å². The largest absolute Gasteiger partial charge is 0.444 e. The lowest BCUT2D eigenvalue weighted by Gasteiger charge is -2.30. The third kappa shape index (κ3) is 3.44. The standard InChI is InChI=1S/C15H21ClN2O2/c1-15(2,3)20-14(19)18-9-8-12(17)13(18)10-4-6-11(16)7-5-10/h4-7,12-13H,8-9,17H2,1-3H3. The Bertz CT molecular complexity index is 482. The van der Waals surface area contributed by atoms with E-state index in [-0.39, 0.29) is 18.2 Å². The van der Waals surface area contributed by atoms with Gasteiger partial charge < -0.3 is 10.5 Å². The molecule has 0 aliphatic carbocycles. The van der Waals surface area contributed by atoms with Crippen LogP contribution >= 0.6 is 11.6 Å². The molecule has 1 aromatic rings. The molecule has 1 aliphatic rings. The molecule has 1 fully saturated rings. The van der Waals surface area contributed by atoms with Crippen LogP contribution in [-0.4, -0.2) is 29.2 Å². The Morgan fingerprint density at radius 3 is 2.50 bits per heavy atom. The fourth-order valence-electron chi connectivity index (χ4n) is 2.43. The van der Waals surface area contributed by atoms with Gasteiger partial charge in [-0.1, -0.05) is 23.7 Å². The highest BCUT2D eigenvalue weighted by Crippen LogP contribution is 2.33. The summed E-state index contributed by atoms with van der Waals surface area (Å²) >= 11 is 5.90. The minimum atomic E-state index is -0.506. The smallest absolute Gasteiger partial charge is 0.410 e. The van der Waals surface area contributed by atoms with Crippen LogP contribution in [0.15, 0.2) is 24.3 Å². The van der Waals surface area contributed by atoms with Crippen LogP contribution in [0.25, 0.3) is 0 Å². The Labute approximate surface area is 124 Å². The van der Waals surface area contributed by atoms with Gasteiger partial charge >= 0.3 is 6.09 Å². The number of nitrogens with two attached hydrogens (primary N) is 1. The number of halogens is 1. The maximum absolute atomic E-state index is 12.3. The number of nitrogens with zero attached hydrogens (tertiary/aromatic N) is 1. The summed E-state index contributed by atoms with van der Waals surface area (Å²) in [5.41, 5.74) is 6.64. The predicted octanol–water partition coefficient (Wildman–Crippen LogP) is 3.35. The molecule has 0 bridgehead atoms. The van der Waals surface area contributed by atoms with Crippen molar-refractivity contribution in [3.05, 3.63) is 34.9 Å². The molecule has 2 N–H and O–H groups in total. The lowest BCUT2D eigenvalue weighted by molar-refractivity contribution is 0.0218. The maximum Gasteiger partial charge on any atom is 0.410 e. The number of hydrogen-bond donors (Lipinski definition) is 1. The van der Waals surface area contributed by atoms with Crippen molar-refractivity contribution in [3.63, 3.8) is 0 Å². The van der Waals surface area contributed by atoms with E-state index < -0.39 is 5.60 Å². The van der Waals surface area contributed by atoms with Gasteiger partial charge in [-0.2, -0.15) is 0 Å². The molecule has 5 heteroatoms. The number of carbonyl (C=O) groups is 1. The molecule has 1 aliphatic heterocycles. The van der Waals surface area contributed by atoms with Gasteiger partial charge in [0.15, 0.2) is 0 Å². The predicted molar refractivity (Wildman–Crippen MR) is 79.7 cm³/mol. The molecule has 0 saturated carbocycles. The molecule has 1 amide bonds. The number of ether oxygens (including phenoxy) is 1. The van der Waals surface area contributed by atoms with Gasteiger partial charge in [-0.05, 0) is 44.9 Å². The summed E-state index contributed by atoms with van der Waals surface area (Å²) in [6.45, 7) is 6.19. The first-order chi connectivity index (χ1) is 9.28. The molecular weight excluding hydrogens is 276 g/mol. The topological polar surface area (TPSA) is 55.6 Å². The molecule has 0 spiro atoms. The summed E-state index contributed by atoms with van der Waals surface area (Å²) in [7, 11) is 0. The van der Waals surface area contributed by atoms with Crippen LogP contribution in [0.1, 0.15) is 38.8 Å². The second kappa shape index (κ2) is 5.62. The Balaban J connectivity index is 2.20. The molecule has 0 aromatic heterocycles. The molecule has 4 nitrogen and oxygen atoms in total. The number of likely N-dealkylation sites (tertiary alicyclic amines) is 1. The van der Waals surface area contributed by atoms with Crippen LogP contribution in [-0.2, 0) is 4.74 Å². The molecular formula is C15H21ClN2O2. The second-order valence-electron chi connectivity index (χ2n) is 6.12. The van der Waals surface area contributed by atoms with Crippen molar-refractivity contribution in [3.8, 4) is 0 Å². The van der Waals surface area contributed by atoms with Crippen molar-refractivity contribution in [2.45, 2.75) is 44.9 Å². The molecule has 1 aromatic carbocycles. The minimum Gasteiger partial charge on any atom is -0.444 e. The normalized spacial score (nSPS) is 22.9. The van der Waals surface area contributed by atoms with E-state index in [1.807, 2.05) is 45.0 Å². The van der Waals surface area contributed by atoms with Gasteiger partial charge in [-0.3, -0.25) is 4.90 Å². The SMILES string of the molecule is CC(C)(C)OC(=O)N1CCC(N)C1c1ccc(Cl)cc1. The molecule has 2 unspecified atom stereocenters. The van der Waals surface area contributed by atoms with Crippen LogP contribution < -0.4 is 5.73 Å². The molecule has 110 valence electrons. The van der Waals surface area contributed by atoms with E-state index in [2.05, 4.69) is 0 Å². The highest BCUT2D eigenvalue weighted by atomic mass is 35.5. The van der Waals surface area contributed by atoms with E-state index >= 15 is 0 Å². The Morgan fingerprint density at radius 2 is 1.95 bits per heavy atom. The van der Waals surface area contributed by atoms with Crippen LogP contribution in [0.4, 0.5) is 4.79 Å². The molecule has 2 atom stereocenters. The van der Waals surface area contributed by atoms with Crippen molar-refractivity contribution in [2.75, 3.05) is 6.54 Å². The number of hydrogen-bond acceptors (Lipinski definition) is 3. The summed E-state index contributed by atoms with van der Waals surface area (Å²) in [6, 6.07) is 7.22. The maximum atomic E-state index is 12.3. The van der Waals surface area contributed by atoms with Gasteiger partial charge in [0.2, 0.25) is 0 Å². The zero-order valence-corrected chi connectivity index (χ0v) is 12.9. The molecule has 20 heavy (non-hydrogen) atoms. The average molecular weight is 297 g/mol. The summed E-state index contributed by atoms with van der Waals surface area (Å²) < 4.78 is 5.45.